The minimum Gasteiger partial charge on any atom is -0.493 e. The number of aliphatic hydroxyl groups is 2. The van der Waals surface area contributed by atoms with Crippen LogP contribution in [0.3, 0.4) is 0 Å². The highest BCUT2D eigenvalue weighted by Crippen LogP contribution is 2.24. The number of carbonyl (C=O) groups excluding carboxylic acids is 1. The molecule has 3 N–H and O–H groups in total. The first-order valence-electron chi connectivity index (χ1n) is 13.7. The van der Waals surface area contributed by atoms with Crippen molar-refractivity contribution in [3.63, 3.8) is 0 Å². The first-order chi connectivity index (χ1) is 19.2. The summed E-state index contributed by atoms with van der Waals surface area (Å²) >= 11 is 0. The fourth-order valence-corrected chi connectivity index (χ4v) is 4.31. The van der Waals surface area contributed by atoms with Gasteiger partial charge in [-0.15, -0.1) is 0 Å². The Bertz CT molecular complexity index is 1080. The molecular formula is C30H44N4O6. The quantitative estimate of drug-likeness (QED) is 0.103. The van der Waals surface area contributed by atoms with Crippen molar-refractivity contribution in [3.05, 3.63) is 75.7 Å². The Kier molecular flexibility index (Phi) is 14.5. The van der Waals surface area contributed by atoms with E-state index in [2.05, 4.69) is 15.3 Å². The molecule has 0 aliphatic heterocycles. The molecule has 0 heterocycles. The molecule has 2 aromatic carbocycles. The third kappa shape index (κ3) is 10.8. The molecule has 5 atom stereocenters. The van der Waals surface area contributed by atoms with Crippen LogP contribution in [0.1, 0.15) is 56.4 Å². The highest BCUT2D eigenvalue weighted by Gasteiger charge is 2.31. The second kappa shape index (κ2) is 17.5. The molecule has 2 rings (SSSR count). The van der Waals surface area contributed by atoms with Gasteiger partial charge in [0.05, 0.1) is 44.1 Å². The lowest BCUT2D eigenvalue weighted by Crippen LogP contribution is -2.44. The van der Waals surface area contributed by atoms with E-state index in [0.29, 0.717) is 18.8 Å². The number of methoxy groups -OCH3 is 1. The van der Waals surface area contributed by atoms with Crippen molar-refractivity contribution in [3.8, 4) is 5.75 Å². The predicted octanol–water partition coefficient (Wildman–Crippen LogP) is 4.87. The molecule has 10 heteroatoms. The van der Waals surface area contributed by atoms with E-state index in [0.717, 1.165) is 23.3 Å². The van der Waals surface area contributed by atoms with Crippen molar-refractivity contribution in [2.24, 2.45) is 17.0 Å². The molecule has 0 fully saturated rings. The van der Waals surface area contributed by atoms with Crippen molar-refractivity contribution >= 4 is 5.91 Å². The van der Waals surface area contributed by atoms with Crippen LogP contribution in [0.5, 0.6) is 5.75 Å². The Balaban J connectivity index is 1.96. The van der Waals surface area contributed by atoms with Crippen LogP contribution >= 0.6 is 0 Å². The number of nitrogens with one attached hydrogen (secondary N) is 1. The summed E-state index contributed by atoms with van der Waals surface area (Å²) in [5, 5.41) is 28.2. The van der Waals surface area contributed by atoms with Gasteiger partial charge in [-0.3, -0.25) is 4.79 Å². The van der Waals surface area contributed by atoms with Gasteiger partial charge in [0.1, 0.15) is 5.75 Å². The molecule has 10 nitrogen and oxygen atoms in total. The highest BCUT2D eigenvalue weighted by atomic mass is 16.5. The van der Waals surface area contributed by atoms with Crippen molar-refractivity contribution < 1.29 is 29.2 Å². The molecular weight excluding hydrogens is 512 g/mol. The van der Waals surface area contributed by atoms with Crippen LogP contribution in [0.4, 0.5) is 0 Å². The molecule has 0 unspecified atom stereocenters. The van der Waals surface area contributed by atoms with E-state index in [1.54, 1.807) is 26.2 Å². The summed E-state index contributed by atoms with van der Waals surface area (Å²) < 4.78 is 16.7. The molecule has 0 spiro atoms. The summed E-state index contributed by atoms with van der Waals surface area (Å²) in [5.74, 6) is -0.180. The summed E-state index contributed by atoms with van der Waals surface area (Å²) in [6, 6.07) is 13.5. The molecule has 40 heavy (non-hydrogen) atoms. The summed E-state index contributed by atoms with van der Waals surface area (Å²) in [5.41, 5.74) is 11.7. The van der Waals surface area contributed by atoms with Crippen LogP contribution in [-0.4, -0.2) is 61.2 Å². The summed E-state index contributed by atoms with van der Waals surface area (Å²) in [6.45, 7) is 8.87. The van der Waals surface area contributed by atoms with Gasteiger partial charge in [0.25, 0.3) is 0 Å². The van der Waals surface area contributed by atoms with E-state index in [9.17, 15) is 15.0 Å². The topological polar surface area (TPSA) is 146 Å². The van der Waals surface area contributed by atoms with E-state index in [1.807, 2.05) is 57.2 Å². The van der Waals surface area contributed by atoms with Crippen LogP contribution in [0.25, 0.3) is 10.4 Å². The average molecular weight is 557 g/mol. The number of ether oxygens (including phenoxy) is 3. The molecule has 0 aliphatic rings. The van der Waals surface area contributed by atoms with E-state index in [4.69, 9.17) is 19.7 Å². The molecule has 1 amide bonds. The van der Waals surface area contributed by atoms with Crippen LogP contribution in [0, 0.1) is 18.8 Å². The third-order valence-corrected chi connectivity index (χ3v) is 6.83. The van der Waals surface area contributed by atoms with Gasteiger partial charge >= 0.3 is 0 Å². The largest absolute Gasteiger partial charge is 0.493 e. The number of amides is 1. The van der Waals surface area contributed by atoms with Gasteiger partial charge < -0.3 is 29.7 Å². The number of hydrogen-bond acceptors (Lipinski definition) is 7. The molecule has 0 radical (unpaired) electrons. The summed E-state index contributed by atoms with van der Waals surface area (Å²) in [6.07, 6.45) is -1.11. The smallest absolute Gasteiger partial charge is 0.223 e. The Morgan fingerprint density at radius 3 is 2.48 bits per heavy atom. The summed E-state index contributed by atoms with van der Waals surface area (Å²) in [7, 11) is 1.65. The van der Waals surface area contributed by atoms with Crippen molar-refractivity contribution in [2.45, 2.75) is 71.4 Å². The molecule has 0 aliphatic carbocycles. The fraction of sp³-hybridized carbons (Fsp3) is 0.567. The zero-order valence-electron chi connectivity index (χ0n) is 24.2. The Morgan fingerprint density at radius 1 is 1.10 bits per heavy atom. The molecule has 220 valence electrons. The summed E-state index contributed by atoms with van der Waals surface area (Å²) in [4.78, 5) is 16.0. The number of carbonyl (C=O) groups is 1. The first kappa shape index (κ1) is 33.1. The Morgan fingerprint density at radius 2 is 1.82 bits per heavy atom. The monoisotopic (exact) mass is 556 g/mol. The fourth-order valence-electron chi connectivity index (χ4n) is 4.31. The number of azide groups is 1. The van der Waals surface area contributed by atoms with E-state index < -0.39 is 30.2 Å². The predicted molar refractivity (Wildman–Crippen MR) is 154 cm³/mol. The number of aliphatic hydroxyl groups excluding tert-OH is 2. The first-order valence-corrected chi connectivity index (χ1v) is 13.7. The minimum atomic E-state index is -1.10. The second-order valence-corrected chi connectivity index (χ2v) is 10.4. The van der Waals surface area contributed by atoms with Crippen molar-refractivity contribution in [1.82, 2.24) is 5.32 Å². The maximum Gasteiger partial charge on any atom is 0.223 e. The molecule has 0 saturated carbocycles. The SMILES string of the molecule is COCCCOc1cc(COC[C@H](N=[N+]=[N-])[C@@H](O)C[C@H](C(=O)N[C@@H](C)[C@H](O)c2ccccc2)C(C)C)ccc1C. The van der Waals surface area contributed by atoms with Gasteiger partial charge in [-0.2, -0.15) is 0 Å². The van der Waals surface area contributed by atoms with Gasteiger partial charge in [-0.05, 0) is 54.5 Å². The zero-order chi connectivity index (χ0) is 29.5. The van der Waals surface area contributed by atoms with E-state index >= 15 is 0 Å². The van der Waals surface area contributed by atoms with E-state index in [1.165, 1.54) is 0 Å². The molecule has 2 aromatic rings. The lowest BCUT2D eigenvalue weighted by molar-refractivity contribution is -0.129. The lowest BCUT2D eigenvalue weighted by atomic mass is 9.87. The van der Waals surface area contributed by atoms with Gasteiger partial charge in [-0.1, -0.05) is 61.4 Å². The third-order valence-electron chi connectivity index (χ3n) is 6.83. The van der Waals surface area contributed by atoms with Gasteiger partial charge in [0, 0.05) is 31.0 Å². The van der Waals surface area contributed by atoms with Crippen molar-refractivity contribution in [1.29, 1.82) is 0 Å². The lowest BCUT2D eigenvalue weighted by Gasteiger charge is -2.28. The average Bonchev–Trinajstić information content (AvgIpc) is 2.94. The number of aryl methyl sites for hydroxylation is 1. The van der Waals surface area contributed by atoms with Crippen LogP contribution in [-0.2, 0) is 20.9 Å². The Hall–Kier alpha value is -3.14. The van der Waals surface area contributed by atoms with Gasteiger partial charge in [-0.25, -0.2) is 0 Å². The molecule has 0 aromatic heterocycles. The van der Waals surface area contributed by atoms with E-state index in [-0.39, 0.29) is 31.5 Å². The number of benzene rings is 2. The Labute approximate surface area is 237 Å². The molecule has 0 saturated heterocycles. The van der Waals surface area contributed by atoms with Crippen molar-refractivity contribution in [2.75, 3.05) is 26.9 Å². The number of nitrogens with zero attached hydrogens (tertiary/aromatic N) is 3. The highest BCUT2D eigenvalue weighted by molar-refractivity contribution is 5.79. The van der Waals surface area contributed by atoms with Gasteiger partial charge in [0.2, 0.25) is 5.91 Å². The zero-order valence-corrected chi connectivity index (χ0v) is 24.2. The maximum absolute atomic E-state index is 13.1. The van der Waals surface area contributed by atoms with Crippen LogP contribution in [0.2, 0.25) is 0 Å². The van der Waals surface area contributed by atoms with Crippen LogP contribution in [0.15, 0.2) is 53.6 Å². The van der Waals surface area contributed by atoms with Gasteiger partial charge in [0.15, 0.2) is 0 Å². The normalized spacial score (nSPS) is 15.0. The second-order valence-electron chi connectivity index (χ2n) is 10.4. The number of hydrogen-bond donors (Lipinski definition) is 3. The minimum absolute atomic E-state index is 0.0152. The number of rotatable bonds is 18. The van der Waals surface area contributed by atoms with Crippen LogP contribution < -0.4 is 10.1 Å². The maximum atomic E-state index is 13.1. The molecule has 0 bridgehead atoms. The standard InChI is InChI=1S/C30H44N4O6/c1-20(2)25(30(37)32-22(4)29(36)24-10-7-6-8-11-24)17-27(35)26(33-34-31)19-39-18-23-13-12-21(3)28(16-23)40-15-9-14-38-5/h6-8,10-13,16,20,22,25-27,29,35-36H,9,14-15,17-19H2,1-5H3,(H,32,37)/t22-,25-,26-,27-,29-/m0/s1.